The number of benzene rings is 2. The van der Waals surface area contributed by atoms with Crippen molar-refractivity contribution in [1.82, 2.24) is 4.90 Å². The summed E-state index contributed by atoms with van der Waals surface area (Å²) in [6.07, 6.45) is 5.49. The predicted octanol–water partition coefficient (Wildman–Crippen LogP) is 5.14. The van der Waals surface area contributed by atoms with E-state index in [-0.39, 0.29) is 17.7 Å². The van der Waals surface area contributed by atoms with E-state index in [2.05, 4.69) is 28.1 Å². The molecule has 3 aromatic rings. The molecule has 2 aromatic carbocycles. The molecule has 4 rings (SSSR count). The SMILES string of the molecule is O=C(c1cc(O)c2ccoc2c1)N1CCCCC1Cc1cccc(Br)c1. The van der Waals surface area contributed by atoms with Crippen LogP contribution in [-0.4, -0.2) is 28.5 Å². The van der Waals surface area contributed by atoms with E-state index in [4.69, 9.17) is 4.42 Å². The van der Waals surface area contributed by atoms with Gasteiger partial charge in [0, 0.05) is 22.6 Å². The van der Waals surface area contributed by atoms with Crippen molar-refractivity contribution in [3.8, 4) is 5.75 Å². The van der Waals surface area contributed by atoms with Crippen LogP contribution in [0.5, 0.6) is 5.75 Å². The number of carbonyl (C=O) groups is 1. The highest BCUT2D eigenvalue weighted by Gasteiger charge is 2.28. The third kappa shape index (κ3) is 3.36. The summed E-state index contributed by atoms with van der Waals surface area (Å²) in [5.74, 6) is 0.0402. The van der Waals surface area contributed by atoms with Gasteiger partial charge in [-0.2, -0.15) is 0 Å². The topological polar surface area (TPSA) is 53.7 Å². The zero-order valence-electron chi connectivity index (χ0n) is 14.3. The molecule has 5 heteroatoms. The van der Waals surface area contributed by atoms with Crippen molar-refractivity contribution in [2.45, 2.75) is 31.7 Å². The van der Waals surface area contributed by atoms with Gasteiger partial charge in [-0.3, -0.25) is 4.79 Å². The highest BCUT2D eigenvalue weighted by atomic mass is 79.9. The number of nitrogens with zero attached hydrogens (tertiary/aromatic N) is 1. The Morgan fingerprint density at radius 1 is 1.23 bits per heavy atom. The summed E-state index contributed by atoms with van der Waals surface area (Å²) in [5, 5.41) is 10.8. The molecule has 4 nitrogen and oxygen atoms in total. The molecule has 1 unspecified atom stereocenters. The minimum absolute atomic E-state index is 0.0432. The number of likely N-dealkylation sites (tertiary alicyclic amines) is 1. The average Bonchev–Trinajstić information content (AvgIpc) is 3.11. The fraction of sp³-hybridized carbons (Fsp3) is 0.286. The van der Waals surface area contributed by atoms with Crippen molar-refractivity contribution in [2.75, 3.05) is 6.54 Å². The molecule has 0 saturated carbocycles. The van der Waals surface area contributed by atoms with Crippen LogP contribution in [0.3, 0.4) is 0 Å². The van der Waals surface area contributed by atoms with Crippen molar-refractivity contribution in [1.29, 1.82) is 0 Å². The highest BCUT2D eigenvalue weighted by Crippen LogP contribution is 2.30. The average molecular weight is 414 g/mol. The number of hydrogen-bond acceptors (Lipinski definition) is 3. The van der Waals surface area contributed by atoms with E-state index < -0.39 is 0 Å². The van der Waals surface area contributed by atoms with E-state index in [1.807, 2.05) is 17.0 Å². The first-order valence-electron chi connectivity index (χ1n) is 8.87. The Balaban J connectivity index is 1.61. The quantitative estimate of drug-likeness (QED) is 0.646. The first-order valence-corrected chi connectivity index (χ1v) is 9.67. The number of fused-ring (bicyclic) bond motifs is 1. The summed E-state index contributed by atoms with van der Waals surface area (Å²) in [6, 6.07) is 13.4. The van der Waals surface area contributed by atoms with Gasteiger partial charge in [0.05, 0.1) is 11.6 Å². The van der Waals surface area contributed by atoms with E-state index in [9.17, 15) is 9.90 Å². The summed E-state index contributed by atoms with van der Waals surface area (Å²) in [7, 11) is 0. The standard InChI is InChI=1S/C21H20BrNO3/c22-16-5-3-4-14(10-16)11-17-6-1-2-8-23(17)21(25)15-12-19(24)18-7-9-26-20(18)13-15/h3-5,7,9-10,12-13,17,24H,1-2,6,8,11H2. The molecule has 0 radical (unpaired) electrons. The van der Waals surface area contributed by atoms with Crippen LogP contribution in [0.4, 0.5) is 0 Å². The first-order chi connectivity index (χ1) is 12.6. The Hall–Kier alpha value is -2.27. The number of aromatic hydroxyl groups is 1. The van der Waals surface area contributed by atoms with Crippen LogP contribution in [0.15, 0.2) is 57.6 Å². The maximum atomic E-state index is 13.1. The Morgan fingerprint density at radius 2 is 2.12 bits per heavy atom. The zero-order valence-corrected chi connectivity index (χ0v) is 15.9. The van der Waals surface area contributed by atoms with Crippen LogP contribution in [0, 0.1) is 0 Å². The van der Waals surface area contributed by atoms with E-state index in [1.165, 1.54) is 11.8 Å². The molecule has 0 aliphatic carbocycles. The molecule has 1 fully saturated rings. The Morgan fingerprint density at radius 3 is 2.96 bits per heavy atom. The third-order valence-electron chi connectivity index (χ3n) is 5.05. The molecule has 26 heavy (non-hydrogen) atoms. The predicted molar refractivity (Wildman–Crippen MR) is 104 cm³/mol. The van der Waals surface area contributed by atoms with Gasteiger partial charge in [0.25, 0.3) is 5.91 Å². The van der Waals surface area contributed by atoms with Gasteiger partial charge in [0.2, 0.25) is 0 Å². The fourth-order valence-electron chi connectivity index (χ4n) is 3.76. The Kier molecular flexibility index (Phi) is 4.72. The summed E-state index contributed by atoms with van der Waals surface area (Å²) in [5.41, 5.74) is 2.23. The lowest BCUT2D eigenvalue weighted by Gasteiger charge is -2.36. The van der Waals surface area contributed by atoms with Gasteiger partial charge in [-0.05, 0) is 61.6 Å². The second-order valence-corrected chi connectivity index (χ2v) is 7.73. The van der Waals surface area contributed by atoms with Crippen LogP contribution < -0.4 is 0 Å². The molecular weight excluding hydrogens is 394 g/mol. The maximum Gasteiger partial charge on any atom is 0.254 e. The van der Waals surface area contributed by atoms with Gasteiger partial charge in [0.1, 0.15) is 11.3 Å². The highest BCUT2D eigenvalue weighted by molar-refractivity contribution is 9.10. The van der Waals surface area contributed by atoms with Crippen molar-refractivity contribution >= 4 is 32.8 Å². The maximum absolute atomic E-state index is 13.1. The van der Waals surface area contributed by atoms with E-state index >= 15 is 0 Å². The monoisotopic (exact) mass is 413 g/mol. The number of hydrogen-bond donors (Lipinski definition) is 1. The van der Waals surface area contributed by atoms with Gasteiger partial charge in [-0.1, -0.05) is 28.1 Å². The van der Waals surface area contributed by atoms with Crippen molar-refractivity contribution in [3.63, 3.8) is 0 Å². The number of rotatable bonds is 3. The molecule has 134 valence electrons. The van der Waals surface area contributed by atoms with Crippen LogP contribution >= 0.6 is 15.9 Å². The number of carbonyl (C=O) groups excluding carboxylic acids is 1. The number of amides is 1. The molecular formula is C21H20BrNO3. The Labute approximate surface area is 160 Å². The first kappa shape index (κ1) is 17.2. The van der Waals surface area contributed by atoms with Crippen molar-refractivity contribution < 1.29 is 14.3 Å². The molecule has 1 saturated heterocycles. The largest absolute Gasteiger partial charge is 0.507 e. The Bertz CT molecular complexity index is 949. The zero-order chi connectivity index (χ0) is 18.1. The molecule has 1 N–H and O–H groups in total. The number of piperidine rings is 1. The van der Waals surface area contributed by atoms with E-state index in [0.717, 1.165) is 36.7 Å². The second kappa shape index (κ2) is 7.16. The molecule has 0 bridgehead atoms. The summed E-state index contributed by atoms with van der Waals surface area (Å²) in [4.78, 5) is 15.1. The lowest BCUT2D eigenvalue weighted by atomic mass is 9.94. The smallest absolute Gasteiger partial charge is 0.254 e. The molecule has 1 atom stereocenters. The summed E-state index contributed by atoms with van der Waals surface area (Å²) < 4.78 is 6.43. The van der Waals surface area contributed by atoms with E-state index in [0.29, 0.717) is 16.5 Å². The van der Waals surface area contributed by atoms with Gasteiger partial charge in [0.15, 0.2) is 0 Å². The lowest BCUT2D eigenvalue weighted by molar-refractivity contribution is 0.0613. The van der Waals surface area contributed by atoms with E-state index in [1.54, 1.807) is 18.2 Å². The molecule has 1 amide bonds. The summed E-state index contributed by atoms with van der Waals surface area (Å²) in [6.45, 7) is 0.745. The molecule has 0 spiro atoms. The van der Waals surface area contributed by atoms with Crippen LogP contribution in [0.2, 0.25) is 0 Å². The van der Waals surface area contributed by atoms with Gasteiger partial charge in [-0.15, -0.1) is 0 Å². The minimum Gasteiger partial charge on any atom is -0.507 e. The number of phenols is 1. The number of furan rings is 1. The van der Waals surface area contributed by atoms with Crippen molar-refractivity contribution in [2.24, 2.45) is 0 Å². The second-order valence-electron chi connectivity index (χ2n) is 6.81. The van der Waals surface area contributed by atoms with Gasteiger partial charge >= 0.3 is 0 Å². The summed E-state index contributed by atoms with van der Waals surface area (Å²) >= 11 is 3.52. The van der Waals surface area contributed by atoms with Crippen LogP contribution in [0.25, 0.3) is 11.0 Å². The van der Waals surface area contributed by atoms with Crippen LogP contribution in [-0.2, 0) is 6.42 Å². The molecule has 2 heterocycles. The van der Waals surface area contributed by atoms with Crippen LogP contribution in [0.1, 0.15) is 35.2 Å². The third-order valence-corrected chi connectivity index (χ3v) is 5.54. The lowest BCUT2D eigenvalue weighted by Crippen LogP contribution is -2.44. The molecule has 1 aliphatic heterocycles. The van der Waals surface area contributed by atoms with Crippen molar-refractivity contribution in [3.05, 3.63) is 64.3 Å². The number of halogens is 1. The van der Waals surface area contributed by atoms with Gasteiger partial charge in [-0.25, -0.2) is 0 Å². The minimum atomic E-state index is -0.0432. The fourth-order valence-corrected chi connectivity index (χ4v) is 4.20. The van der Waals surface area contributed by atoms with Gasteiger partial charge < -0.3 is 14.4 Å². The number of phenolic OH excluding ortho intramolecular Hbond substituents is 1. The normalized spacial score (nSPS) is 17.6. The molecule has 1 aliphatic rings. The molecule has 1 aromatic heterocycles.